The Morgan fingerprint density at radius 3 is 2.87 bits per heavy atom. The van der Waals surface area contributed by atoms with E-state index < -0.39 is 0 Å². The molecule has 1 fully saturated rings. The third-order valence-corrected chi connectivity index (χ3v) is 3.65. The lowest BCUT2D eigenvalue weighted by Crippen LogP contribution is -2.07. The Morgan fingerprint density at radius 1 is 1.40 bits per heavy atom. The number of hydrogen-bond acceptors (Lipinski definition) is 1. The highest BCUT2D eigenvalue weighted by atomic mass is 32.1. The van der Waals surface area contributed by atoms with Crippen molar-refractivity contribution in [3.63, 3.8) is 0 Å². The first-order valence-corrected chi connectivity index (χ1v) is 5.76. The van der Waals surface area contributed by atoms with E-state index in [0.29, 0.717) is 5.41 Å². The predicted octanol–water partition coefficient (Wildman–Crippen LogP) is 3.50. The van der Waals surface area contributed by atoms with Crippen LogP contribution in [-0.2, 0) is 6.54 Å². The minimum atomic E-state index is 0.489. The van der Waals surface area contributed by atoms with Crippen LogP contribution in [0.15, 0.2) is 24.3 Å². The van der Waals surface area contributed by atoms with Crippen molar-refractivity contribution in [2.45, 2.75) is 26.3 Å². The minimum absolute atomic E-state index is 0.489. The molecule has 0 unspecified atom stereocenters. The molecule has 0 bridgehead atoms. The molecule has 0 aliphatic heterocycles. The molecular formula is C12H14N2S. The number of rotatable bonds is 2. The predicted molar refractivity (Wildman–Crippen MR) is 64.5 cm³/mol. The lowest BCUT2D eigenvalue weighted by atomic mass is 10.1. The average molecular weight is 218 g/mol. The van der Waals surface area contributed by atoms with E-state index in [2.05, 4.69) is 34.7 Å². The molecule has 2 nitrogen and oxygen atoms in total. The molecule has 1 aromatic heterocycles. The van der Waals surface area contributed by atoms with E-state index in [1.165, 1.54) is 18.4 Å². The van der Waals surface area contributed by atoms with Crippen LogP contribution in [0.1, 0.15) is 19.8 Å². The molecule has 0 saturated heterocycles. The Hall–Kier alpha value is -1.09. The van der Waals surface area contributed by atoms with Gasteiger partial charge in [0.05, 0.1) is 11.0 Å². The van der Waals surface area contributed by atoms with Crippen LogP contribution in [0.3, 0.4) is 0 Å². The Balaban J connectivity index is 2.16. The van der Waals surface area contributed by atoms with Gasteiger partial charge in [0, 0.05) is 6.54 Å². The van der Waals surface area contributed by atoms with Gasteiger partial charge in [0.1, 0.15) is 0 Å². The highest BCUT2D eigenvalue weighted by molar-refractivity contribution is 7.71. The number of H-pyrrole nitrogens is 1. The normalized spacial score (nSPS) is 18.2. The number of nitrogens with zero attached hydrogens (tertiary/aromatic N) is 1. The summed E-state index contributed by atoms with van der Waals surface area (Å²) in [5.41, 5.74) is 2.87. The number of fused-ring (bicyclic) bond motifs is 1. The maximum absolute atomic E-state index is 5.36. The molecule has 0 radical (unpaired) electrons. The van der Waals surface area contributed by atoms with Crippen molar-refractivity contribution in [1.82, 2.24) is 9.55 Å². The van der Waals surface area contributed by atoms with E-state index in [-0.39, 0.29) is 0 Å². The highest BCUT2D eigenvalue weighted by Gasteiger charge is 2.37. The SMILES string of the molecule is CC1(Cn2c(=S)[nH]c3ccccc32)CC1. The number of benzene rings is 1. The Kier molecular flexibility index (Phi) is 1.80. The highest BCUT2D eigenvalue weighted by Crippen LogP contribution is 2.46. The fourth-order valence-corrected chi connectivity index (χ4v) is 2.29. The van der Waals surface area contributed by atoms with Gasteiger partial charge in [-0.1, -0.05) is 19.1 Å². The first kappa shape index (κ1) is 9.16. The molecule has 1 aliphatic carbocycles. The van der Waals surface area contributed by atoms with Crippen molar-refractivity contribution in [2.75, 3.05) is 0 Å². The Bertz CT molecular complexity index is 560. The van der Waals surface area contributed by atoms with Crippen molar-refractivity contribution in [3.8, 4) is 0 Å². The lowest BCUT2D eigenvalue weighted by Gasteiger charge is -2.09. The summed E-state index contributed by atoms with van der Waals surface area (Å²) in [6.07, 6.45) is 2.66. The quantitative estimate of drug-likeness (QED) is 0.765. The molecule has 3 heteroatoms. The van der Waals surface area contributed by atoms with Gasteiger partial charge in [0.15, 0.2) is 4.77 Å². The van der Waals surface area contributed by atoms with Crippen LogP contribution in [0.25, 0.3) is 11.0 Å². The van der Waals surface area contributed by atoms with Crippen LogP contribution in [0.2, 0.25) is 0 Å². The standard InChI is InChI=1S/C12H14N2S/c1-12(6-7-12)8-14-10-5-3-2-4-9(10)13-11(14)15/h2-5H,6-8H2,1H3,(H,13,15). The molecule has 1 aromatic carbocycles. The Morgan fingerprint density at radius 2 is 2.13 bits per heavy atom. The molecule has 1 heterocycles. The molecule has 78 valence electrons. The van der Waals surface area contributed by atoms with Crippen LogP contribution in [-0.4, -0.2) is 9.55 Å². The van der Waals surface area contributed by atoms with Crippen molar-refractivity contribution in [3.05, 3.63) is 29.0 Å². The zero-order valence-electron chi connectivity index (χ0n) is 8.79. The van der Waals surface area contributed by atoms with Crippen LogP contribution in [0.5, 0.6) is 0 Å². The van der Waals surface area contributed by atoms with E-state index in [9.17, 15) is 0 Å². The zero-order valence-corrected chi connectivity index (χ0v) is 9.60. The van der Waals surface area contributed by atoms with Gasteiger partial charge >= 0.3 is 0 Å². The fraction of sp³-hybridized carbons (Fsp3) is 0.417. The third kappa shape index (κ3) is 1.51. The molecule has 3 rings (SSSR count). The molecule has 0 atom stereocenters. The number of aromatic amines is 1. The van der Waals surface area contributed by atoms with Crippen LogP contribution in [0, 0.1) is 10.2 Å². The third-order valence-electron chi connectivity index (χ3n) is 3.32. The molecule has 1 aliphatic rings. The van der Waals surface area contributed by atoms with Crippen molar-refractivity contribution < 1.29 is 0 Å². The van der Waals surface area contributed by atoms with Gasteiger partial charge < -0.3 is 9.55 Å². The molecule has 1 N–H and O–H groups in total. The summed E-state index contributed by atoms with van der Waals surface area (Å²) in [6.45, 7) is 3.38. The van der Waals surface area contributed by atoms with Gasteiger partial charge in [0.2, 0.25) is 0 Å². The van der Waals surface area contributed by atoms with Crippen molar-refractivity contribution in [1.29, 1.82) is 0 Å². The fourth-order valence-electron chi connectivity index (χ4n) is 2.02. The summed E-state index contributed by atoms with van der Waals surface area (Å²) in [7, 11) is 0. The molecule has 2 aromatic rings. The second-order valence-corrected chi connectivity index (χ2v) is 5.23. The maximum Gasteiger partial charge on any atom is 0.178 e. The van der Waals surface area contributed by atoms with Gasteiger partial charge in [0.25, 0.3) is 0 Å². The number of aromatic nitrogens is 2. The largest absolute Gasteiger partial charge is 0.331 e. The van der Waals surface area contributed by atoms with Crippen LogP contribution >= 0.6 is 12.2 Å². The van der Waals surface area contributed by atoms with E-state index in [1.807, 2.05) is 6.07 Å². The van der Waals surface area contributed by atoms with Crippen molar-refractivity contribution >= 4 is 23.3 Å². The monoisotopic (exact) mass is 218 g/mol. The van der Waals surface area contributed by atoms with Crippen molar-refractivity contribution in [2.24, 2.45) is 5.41 Å². The van der Waals surface area contributed by atoms with E-state index in [0.717, 1.165) is 16.8 Å². The summed E-state index contributed by atoms with van der Waals surface area (Å²) >= 11 is 5.36. The summed E-state index contributed by atoms with van der Waals surface area (Å²) in [4.78, 5) is 3.26. The molecule has 0 spiro atoms. The van der Waals surface area contributed by atoms with Crippen LogP contribution < -0.4 is 0 Å². The van der Waals surface area contributed by atoms with Gasteiger partial charge in [-0.25, -0.2) is 0 Å². The molecule has 15 heavy (non-hydrogen) atoms. The Labute approximate surface area is 93.9 Å². The summed E-state index contributed by atoms with van der Waals surface area (Å²) < 4.78 is 3.09. The number of nitrogens with one attached hydrogen (secondary N) is 1. The molecule has 0 amide bonds. The number of imidazole rings is 1. The van der Waals surface area contributed by atoms with Gasteiger partial charge in [-0.2, -0.15) is 0 Å². The molecular weight excluding hydrogens is 204 g/mol. The van der Waals surface area contributed by atoms with Crippen LogP contribution in [0.4, 0.5) is 0 Å². The smallest absolute Gasteiger partial charge is 0.178 e. The van der Waals surface area contributed by atoms with E-state index >= 15 is 0 Å². The number of hydrogen-bond donors (Lipinski definition) is 1. The summed E-state index contributed by atoms with van der Waals surface area (Å²) in [5.74, 6) is 0. The van der Waals surface area contributed by atoms with E-state index in [1.54, 1.807) is 0 Å². The second-order valence-electron chi connectivity index (χ2n) is 4.84. The second kappa shape index (κ2) is 2.95. The topological polar surface area (TPSA) is 20.7 Å². The number of para-hydroxylation sites is 2. The first-order valence-electron chi connectivity index (χ1n) is 5.36. The van der Waals surface area contributed by atoms with Gasteiger partial charge in [-0.05, 0) is 42.6 Å². The van der Waals surface area contributed by atoms with Gasteiger partial charge in [-0.3, -0.25) is 0 Å². The summed E-state index contributed by atoms with van der Waals surface area (Å²) in [6, 6.07) is 8.32. The average Bonchev–Trinajstić information content (AvgIpc) is 2.86. The first-order chi connectivity index (χ1) is 7.18. The maximum atomic E-state index is 5.36. The van der Waals surface area contributed by atoms with E-state index in [4.69, 9.17) is 12.2 Å². The summed E-state index contributed by atoms with van der Waals surface area (Å²) in [5, 5.41) is 0. The molecule has 1 saturated carbocycles. The zero-order chi connectivity index (χ0) is 10.5. The van der Waals surface area contributed by atoms with Gasteiger partial charge in [-0.15, -0.1) is 0 Å². The minimum Gasteiger partial charge on any atom is -0.331 e. The lowest BCUT2D eigenvalue weighted by molar-refractivity contribution is 0.469.